The van der Waals surface area contributed by atoms with Crippen LogP contribution in [0.1, 0.15) is 36.6 Å². The average Bonchev–Trinajstić information content (AvgIpc) is 3.40. The van der Waals surface area contributed by atoms with E-state index in [-0.39, 0.29) is 6.04 Å². The maximum Gasteiger partial charge on any atom is 0.192 e. The third kappa shape index (κ3) is 5.23. The Morgan fingerprint density at radius 2 is 1.81 bits per heavy atom. The molecular formula is C24H31N7. The van der Waals surface area contributed by atoms with Gasteiger partial charge in [-0.1, -0.05) is 48.5 Å². The van der Waals surface area contributed by atoms with Crippen molar-refractivity contribution in [1.82, 2.24) is 25.4 Å². The SMILES string of the molecule is Cc1nnc(CN=C(NC2CCN(c3ccccc3)C2)NC(C)c2ccccc2)n1C. The summed E-state index contributed by atoms with van der Waals surface area (Å²) < 4.78 is 1.98. The summed E-state index contributed by atoms with van der Waals surface area (Å²) in [5, 5.41) is 15.6. The van der Waals surface area contributed by atoms with Crippen molar-refractivity contribution < 1.29 is 0 Å². The van der Waals surface area contributed by atoms with Crippen LogP contribution in [-0.2, 0) is 13.6 Å². The van der Waals surface area contributed by atoms with Crippen molar-refractivity contribution in [3.8, 4) is 0 Å². The van der Waals surface area contributed by atoms with E-state index in [0.29, 0.717) is 12.6 Å². The summed E-state index contributed by atoms with van der Waals surface area (Å²) >= 11 is 0. The zero-order valence-corrected chi connectivity index (χ0v) is 18.5. The molecule has 2 unspecified atom stereocenters. The van der Waals surface area contributed by atoms with Crippen LogP contribution in [0.3, 0.4) is 0 Å². The van der Waals surface area contributed by atoms with Gasteiger partial charge in [0.05, 0.1) is 6.04 Å². The number of hydrogen-bond acceptors (Lipinski definition) is 4. The number of aliphatic imine (C=N–C) groups is 1. The predicted octanol–water partition coefficient (Wildman–Crippen LogP) is 3.20. The number of hydrogen-bond donors (Lipinski definition) is 2. The van der Waals surface area contributed by atoms with Gasteiger partial charge in [0.15, 0.2) is 11.8 Å². The third-order valence-corrected chi connectivity index (χ3v) is 5.86. The van der Waals surface area contributed by atoms with E-state index in [9.17, 15) is 0 Å². The second kappa shape index (κ2) is 9.64. The third-order valence-electron chi connectivity index (χ3n) is 5.86. The number of nitrogens with one attached hydrogen (secondary N) is 2. The van der Waals surface area contributed by atoms with Crippen molar-refractivity contribution in [2.24, 2.45) is 12.0 Å². The average molecular weight is 418 g/mol. The smallest absolute Gasteiger partial charge is 0.192 e. The Labute approximate surface area is 184 Å². The van der Waals surface area contributed by atoms with E-state index in [4.69, 9.17) is 4.99 Å². The lowest BCUT2D eigenvalue weighted by molar-refractivity contribution is 0.617. The number of benzene rings is 2. The number of para-hydroxylation sites is 1. The first-order valence-corrected chi connectivity index (χ1v) is 10.9. The largest absolute Gasteiger partial charge is 0.369 e. The number of aryl methyl sites for hydroxylation is 1. The lowest BCUT2D eigenvalue weighted by Crippen LogP contribution is -2.45. The Balaban J connectivity index is 1.46. The van der Waals surface area contributed by atoms with Gasteiger partial charge in [0.1, 0.15) is 12.4 Å². The van der Waals surface area contributed by atoms with Crippen LogP contribution in [0, 0.1) is 6.92 Å². The van der Waals surface area contributed by atoms with Gasteiger partial charge < -0.3 is 20.1 Å². The summed E-state index contributed by atoms with van der Waals surface area (Å²) in [5.74, 6) is 2.54. The number of guanidine groups is 1. The molecule has 2 atom stereocenters. The number of anilines is 1. The molecule has 31 heavy (non-hydrogen) atoms. The Morgan fingerprint density at radius 3 is 2.48 bits per heavy atom. The Hall–Kier alpha value is -3.35. The lowest BCUT2D eigenvalue weighted by Gasteiger charge is -2.23. The molecule has 0 bridgehead atoms. The van der Waals surface area contributed by atoms with Gasteiger partial charge in [-0.2, -0.15) is 0 Å². The Morgan fingerprint density at radius 1 is 1.10 bits per heavy atom. The standard InChI is InChI=1S/C24H31N7/c1-18(20-10-6-4-7-11-20)26-24(25-16-23-29-28-19(2)30(23)3)27-21-14-15-31(17-21)22-12-8-5-9-13-22/h4-13,18,21H,14-17H2,1-3H3,(H2,25,26,27). The quantitative estimate of drug-likeness (QED) is 0.476. The summed E-state index contributed by atoms with van der Waals surface area (Å²) in [4.78, 5) is 7.27. The van der Waals surface area contributed by atoms with E-state index in [2.05, 4.69) is 87.3 Å². The molecule has 2 heterocycles. The molecule has 3 aromatic rings. The molecule has 0 aliphatic carbocycles. The van der Waals surface area contributed by atoms with E-state index in [1.807, 2.05) is 24.6 Å². The van der Waals surface area contributed by atoms with Crippen LogP contribution in [0.15, 0.2) is 65.7 Å². The first-order chi connectivity index (χ1) is 15.1. The van der Waals surface area contributed by atoms with Crippen LogP contribution >= 0.6 is 0 Å². The van der Waals surface area contributed by atoms with Gasteiger partial charge in [-0.3, -0.25) is 0 Å². The van der Waals surface area contributed by atoms with Crippen LogP contribution in [0.5, 0.6) is 0 Å². The molecule has 0 amide bonds. The van der Waals surface area contributed by atoms with Gasteiger partial charge in [0.25, 0.3) is 0 Å². The van der Waals surface area contributed by atoms with Gasteiger partial charge in [-0.05, 0) is 38.0 Å². The highest BCUT2D eigenvalue weighted by Gasteiger charge is 2.24. The highest BCUT2D eigenvalue weighted by atomic mass is 15.3. The Bertz CT molecular complexity index is 997. The summed E-state index contributed by atoms with van der Waals surface area (Å²) in [7, 11) is 1.97. The van der Waals surface area contributed by atoms with E-state index in [1.54, 1.807) is 0 Å². The van der Waals surface area contributed by atoms with E-state index < -0.39 is 0 Å². The fraction of sp³-hybridized carbons (Fsp3) is 0.375. The van der Waals surface area contributed by atoms with Gasteiger partial charge in [-0.25, -0.2) is 4.99 Å². The molecule has 2 N–H and O–H groups in total. The second-order valence-corrected chi connectivity index (χ2v) is 8.08. The molecule has 1 fully saturated rings. The predicted molar refractivity (Wildman–Crippen MR) is 125 cm³/mol. The topological polar surface area (TPSA) is 70.4 Å². The van der Waals surface area contributed by atoms with Gasteiger partial charge in [-0.15, -0.1) is 10.2 Å². The van der Waals surface area contributed by atoms with E-state index in [0.717, 1.165) is 37.1 Å². The van der Waals surface area contributed by atoms with Crippen molar-refractivity contribution in [3.63, 3.8) is 0 Å². The highest BCUT2D eigenvalue weighted by molar-refractivity contribution is 5.80. The summed E-state index contributed by atoms with van der Waals surface area (Å²) in [6, 6.07) is 21.5. The summed E-state index contributed by atoms with van der Waals surface area (Å²) in [5.41, 5.74) is 2.49. The van der Waals surface area contributed by atoms with Gasteiger partial charge in [0.2, 0.25) is 0 Å². The highest BCUT2D eigenvalue weighted by Crippen LogP contribution is 2.20. The summed E-state index contributed by atoms with van der Waals surface area (Å²) in [6.07, 6.45) is 1.07. The minimum Gasteiger partial charge on any atom is -0.369 e. The summed E-state index contributed by atoms with van der Waals surface area (Å²) in [6.45, 7) is 6.57. The van der Waals surface area contributed by atoms with Gasteiger partial charge in [0, 0.05) is 31.9 Å². The van der Waals surface area contributed by atoms with Crippen molar-refractivity contribution >= 4 is 11.6 Å². The normalized spacial score (nSPS) is 17.6. The maximum atomic E-state index is 4.85. The minimum absolute atomic E-state index is 0.139. The maximum absolute atomic E-state index is 4.85. The molecule has 0 radical (unpaired) electrons. The van der Waals surface area contributed by atoms with Crippen molar-refractivity contribution in [2.75, 3.05) is 18.0 Å². The molecule has 1 aliphatic heterocycles. The number of rotatable bonds is 6. The molecule has 1 saturated heterocycles. The van der Waals surface area contributed by atoms with Crippen LogP contribution < -0.4 is 15.5 Å². The zero-order chi connectivity index (χ0) is 21.6. The molecule has 0 saturated carbocycles. The van der Waals surface area contributed by atoms with Crippen LogP contribution in [-0.4, -0.2) is 39.9 Å². The van der Waals surface area contributed by atoms with E-state index in [1.165, 1.54) is 11.3 Å². The molecule has 162 valence electrons. The first kappa shape index (κ1) is 20.9. The van der Waals surface area contributed by atoms with Crippen molar-refractivity contribution in [1.29, 1.82) is 0 Å². The van der Waals surface area contributed by atoms with Crippen LogP contribution in [0.2, 0.25) is 0 Å². The molecule has 7 nitrogen and oxygen atoms in total. The second-order valence-electron chi connectivity index (χ2n) is 8.08. The fourth-order valence-corrected chi connectivity index (χ4v) is 3.85. The van der Waals surface area contributed by atoms with Crippen molar-refractivity contribution in [2.45, 2.75) is 38.9 Å². The molecule has 1 aliphatic rings. The molecular weight excluding hydrogens is 386 g/mol. The lowest BCUT2D eigenvalue weighted by atomic mass is 10.1. The van der Waals surface area contributed by atoms with E-state index >= 15 is 0 Å². The molecule has 4 rings (SSSR count). The van der Waals surface area contributed by atoms with Crippen LogP contribution in [0.4, 0.5) is 5.69 Å². The molecule has 0 spiro atoms. The minimum atomic E-state index is 0.139. The van der Waals surface area contributed by atoms with Gasteiger partial charge >= 0.3 is 0 Å². The first-order valence-electron chi connectivity index (χ1n) is 10.9. The monoisotopic (exact) mass is 417 g/mol. The number of aromatic nitrogens is 3. The Kier molecular flexibility index (Phi) is 6.50. The number of nitrogens with zero attached hydrogens (tertiary/aromatic N) is 5. The van der Waals surface area contributed by atoms with Crippen molar-refractivity contribution in [3.05, 3.63) is 77.9 Å². The molecule has 2 aromatic carbocycles. The molecule has 1 aromatic heterocycles. The zero-order valence-electron chi connectivity index (χ0n) is 18.5. The fourth-order valence-electron chi connectivity index (χ4n) is 3.85. The molecule has 7 heteroatoms. The van der Waals surface area contributed by atoms with Crippen LogP contribution in [0.25, 0.3) is 0 Å².